The van der Waals surface area contributed by atoms with Crippen LogP contribution < -0.4 is 16.0 Å². The van der Waals surface area contributed by atoms with Gasteiger partial charge in [0.15, 0.2) is 0 Å². The molecular formula is C20H29FN4O3. The number of aliphatic imine (C=N–C) groups is 1. The van der Waals surface area contributed by atoms with Gasteiger partial charge in [-0.25, -0.2) is 4.39 Å². The molecule has 2 bridgehead atoms. The Hall–Kier alpha value is -2.32. The van der Waals surface area contributed by atoms with Crippen LogP contribution in [0.25, 0.3) is 0 Å². The predicted octanol–water partition coefficient (Wildman–Crippen LogP) is 1.53. The van der Waals surface area contributed by atoms with Crippen molar-refractivity contribution in [2.75, 3.05) is 26.7 Å². The molecule has 154 valence electrons. The number of likely N-dealkylation sites (N-methyl/N-ethyl adjacent to an activating group) is 1. The number of ether oxygens (including phenoxy) is 1. The van der Waals surface area contributed by atoms with Gasteiger partial charge < -0.3 is 20.7 Å². The van der Waals surface area contributed by atoms with Crippen LogP contribution in [-0.2, 0) is 14.3 Å². The van der Waals surface area contributed by atoms with Gasteiger partial charge in [0.1, 0.15) is 23.6 Å². The van der Waals surface area contributed by atoms with E-state index >= 15 is 0 Å². The van der Waals surface area contributed by atoms with Gasteiger partial charge in [-0.2, -0.15) is 0 Å². The molecule has 3 N–H and O–H groups in total. The van der Waals surface area contributed by atoms with Crippen LogP contribution in [0.3, 0.4) is 0 Å². The third kappa shape index (κ3) is 5.84. The Bertz CT molecular complexity index is 677. The van der Waals surface area contributed by atoms with Crippen LogP contribution in [-0.4, -0.2) is 56.4 Å². The van der Waals surface area contributed by atoms with E-state index in [4.69, 9.17) is 4.74 Å². The number of aldehydes is 1. The third-order valence-electron chi connectivity index (χ3n) is 4.85. The molecule has 0 aromatic carbocycles. The first-order valence-electron chi connectivity index (χ1n) is 9.63. The van der Waals surface area contributed by atoms with Gasteiger partial charge in [0, 0.05) is 12.6 Å². The molecule has 0 radical (unpaired) electrons. The summed E-state index contributed by atoms with van der Waals surface area (Å²) >= 11 is 0. The maximum absolute atomic E-state index is 13.3. The predicted molar refractivity (Wildman–Crippen MR) is 107 cm³/mol. The molecule has 3 rings (SSSR count). The number of halogens is 1. The summed E-state index contributed by atoms with van der Waals surface area (Å²) in [5, 5.41) is 9.00. The summed E-state index contributed by atoms with van der Waals surface area (Å²) in [6.45, 7) is 3.15. The number of amides is 1. The number of hydrogen-bond acceptors (Lipinski definition) is 6. The molecule has 0 aliphatic carbocycles. The van der Waals surface area contributed by atoms with E-state index < -0.39 is 11.4 Å². The molecular weight excluding hydrogens is 363 g/mol. The highest BCUT2D eigenvalue weighted by Gasteiger charge is 2.42. The monoisotopic (exact) mass is 392 g/mol. The van der Waals surface area contributed by atoms with Crippen molar-refractivity contribution in [2.45, 2.75) is 44.2 Å². The standard InChI is InChI=1S/C20H29FN4O3/c1-3-6-15(21)7-4-5-11-23-18(27)17(9-12-26)25-19-20(22-2)10-8-16(13-24-19)28-14-20/h4,6-7,9,12,16,22H,3,5,8,10-11,13-14H2,1-2H3,(H,23,27)(H,24,25)/b7-4-,15-6+,17-9-. The molecule has 3 aliphatic heterocycles. The molecule has 2 atom stereocenters. The molecule has 3 heterocycles. The molecule has 28 heavy (non-hydrogen) atoms. The van der Waals surface area contributed by atoms with Gasteiger partial charge in [-0.15, -0.1) is 0 Å². The second kappa shape index (κ2) is 10.9. The Balaban J connectivity index is 1.96. The summed E-state index contributed by atoms with van der Waals surface area (Å²) in [5.74, 6) is -0.110. The summed E-state index contributed by atoms with van der Waals surface area (Å²) in [6.07, 6.45) is 9.14. The average Bonchev–Trinajstić information content (AvgIpc) is 2.97. The zero-order valence-electron chi connectivity index (χ0n) is 16.5. The maximum Gasteiger partial charge on any atom is 0.267 e. The van der Waals surface area contributed by atoms with E-state index in [1.165, 1.54) is 18.2 Å². The van der Waals surface area contributed by atoms with Gasteiger partial charge in [-0.1, -0.05) is 13.0 Å². The third-order valence-corrected chi connectivity index (χ3v) is 4.85. The molecule has 0 aromatic rings. The van der Waals surface area contributed by atoms with E-state index in [-0.39, 0.29) is 17.6 Å². The zero-order valence-corrected chi connectivity index (χ0v) is 16.5. The summed E-state index contributed by atoms with van der Waals surface area (Å²) in [6, 6.07) is 0. The normalized spacial score (nSPS) is 25.4. The topological polar surface area (TPSA) is 91.8 Å². The minimum Gasteiger partial charge on any atom is -0.374 e. The van der Waals surface area contributed by atoms with E-state index in [0.29, 0.717) is 44.7 Å². The Morgan fingerprint density at radius 2 is 2.29 bits per heavy atom. The molecule has 1 amide bonds. The van der Waals surface area contributed by atoms with E-state index in [2.05, 4.69) is 20.9 Å². The Morgan fingerprint density at radius 1 is 1.46 bits per heavy atom. The van der Waals surface area contributed by atoms with E-state index in [1.54, 1.807) is 6.08 Å². The lowest BCUT2D eigenvalue weighted by atomic mass is 9.90. The lowest BCUT2D eigenvalue weighted by Gasteiger charge is -2.37. The van der Waals surface area contributed by atoms with Crippen LogP contribution in [0.5, 0.6) is 0 Å². The number of nitrogens with zero attached hydrogens (tertiary/aromatic N) is 1. The van der Waals surface area contributed by atoms with Gasteiger partial charge in [-0.3, -0.25) is 14.6 Å². The average molecular weight is 392 g/mol. The van der Waals surface area contributed by atoms with Gasteiger partial charge >= 0.3 is 0 Å². The molecule has 2 unspecified atom stereocenters. The highest BCUT2D eigenvalue weighted by Crippen LogP contribution is 2.27. The van der Waals surface area contributed by atoms with Gasteiger partial charge in [0.05, 0.1) is 24.8 Å². The van der Waals surface area contributed by atoms with Crippen molar-refractivity contribution in [1.29, 1.82) is 0 Å². The smallest absolute Gasteiger partial charge is 0.267 e. The molecule has 0 spiro atoms. The molecule has 1 fully saturated rings. The first kappa shape index (κ1) is 22.0. The van der Waals surface area contributed by atoms with Crippen molar-refractivity contribution in [3.05, 3.63) is 35.8 Å². The quantitative estimate of drug-likeness (QED) is 0.240. The Kier molecular flexibility index (Phi) is 8.53. The molecule has 0 aromatic heterocycles. The zero-order chi connectivity index (χ0) is 20.4. The SMILES string of the molecule is CC/C=C(F)\C=C/CCNC(=O)/C(=C/C=O)NC1=NCC2CCC1(NC)CO2. The van der Waals surface area contributed by atoms with E-state index in [9.17, 15) is 14.0 Å². The van der Waals surface area contributed by atoms with Crippen molar-refractivity contribution >= 4 is 18.0 Å². The lowest BCUT2D eigenvalue weighted by molar-refractivity contribution is -0.118. The highest BCUT2D eigenvalue weighted by molar-refractivity contribution is 6.03. The second-order valence-corrected chi connectivity index (χ2v) is 6.78. The van der Waals surface area contributed by atoms with Crippen molar-refractivity contribution in [3.8, 4) is 0 Å². The van der Waals surface area contributed by atoms with Crippen molar-refractivity contribution in [3.63, 3.8) is 0 Å². The fourth-order valence-corrected chi connectivity index (χ4v) is 3.17. The summed E-state index contributed by atoms with van der Waals surface area (Å²) in [7, 11) is 1.83. The minimum atomic E-state index is -0.499. The van der Waals surface area contributed by atoms with Crippen LogP contribution in [0.2, 0.25) is 0 Å². The van der Waals surface area contributed by atoms with Crippen molar-refractivity contribution in [1.82, 2.24) is 16.0 Å². The summed E-state index contributed by atoms with van der Waals surface area (Å²) in [4.78, 5) is 28.1. The van der Waals surface area contributed by atoms with Gasteiger partial charge in [0.2, 0.25) is 0 Å². The van der Waals surface area contributed by atoms with Crippen LogP contribution in [0, 0.1) is 0 Å². The van der Waals surface area contributed by atoms with Crippen molar-refractivity contribution < 1.29 is 18.7 Å². The minimum absolute atomic E-state index is 0.0852. The van der Waals surface area contributed by atoms with Crippen molar-refractivity contribution in [2.24, 2.45) is 4.99 Å². The number of rotatable bonds is 9. The highest BCUT2D eigenvalue weighted by atomic mass is 19.1. The van der Waals surface area contributed by atoms with Crippen LogP contribution in [0.1, 0.15) is 32.6 Å². The number of allylic oxidation sites excluding steroid dienone is 4. The number of amidine groups is 1. The van der Waals surface area contributed by atoms with E-state index in [1.807, 2.05) is 14.0 Å². The molecule has 7 nitrogen and oxygen atoms in total. The number of hydrogen-bond donors (Lipinski definition) is 3. The molecule has 3 aliphatic rings. The van der Waals surface area contributed by atoms with Crippen LogP contribution >= 0.6 is 0 Å². The summed E-state index contributed by atoms with van der Waals surface area (Å²) in [5.41, 5.74) is -0.379. The first-order valence-corrected chi connectivity index (χ1v) is 9.63. The number of carbonyl (C=O) groups excluding carboxylic acids is 2. The number of fused-ring (bicyclic) bond motifs is 3. The fraction of sp³-hybridized carbons (Fsp3) is 0.550. The second-order valence-electron chi connectivity index (χ2n) is 6.78. The molecule has 0 saturated carbocycles. The number of nitrogens with one attached hydrogen (secondary N) is 3. The van der Waals surface area contributed by atoms with E-state index in [0.717, 1.165) is 12.8 Å². The Labute approximate surface area is 165 Å². The Morgan fingerprint density at radius 3 is 2.93 bits per heavy atom. The summed E-state index contributed by atoms with van der Waals surface area (Å²) < 4.78 is 19.1. The van der Waals surface area contributed by atoms with Crippen LogP contribution in [0.15, 0.2) is 40.8 Å². The fourth-order valence-electron chi connectivity index (χ4n) is 3.17. The van der Waals surface area contributed by atoms with Gasteiger partial charge in [-0.05, 0) is 44.9 Å². The van der Waals surface area contributed by atoms with Gasteiger partial charge in [0.25, 0.3) is 5.91 Å². The molecule has 8 heteroatoms. The van der Waals surface area contributed by atoms with Crippen LogP contribution in [0.4, 0.5) is 4.39 Å². The lowest BCUT2D eigenvalue weighted by Crippen LogP contribution is -2.60. The largest absolute Gasteiger partial charge is 0.374 e. The number of carbonyl (C=O) groups is 2. The first-order chi connectivity index (χ1) is 13.5. The molecule has 1 saturated heterocycles. The maximum atomic E-state index is 13.3.